The Labute approximate surface area is 123 Å². The van der Waals surface area contributed by atoms with Crippen molar-refractivity contribution in [2.24, 2.45) is 11.1 Å². The summed E-state index contributed by atoms with van der Waals surface area (Å²) < 4.78 is 0. The van der Waals surface area contributed by atoms with E-state index in [1.165, 1.54) is 7.05 Å². The standard InChI is InChI=1S/C17H22O.CH5N/c1-6-14(4)16(18)17(5,13(2)3)12-15-10-8-7-9-11-15;1-2/h7-11H,2,4,6,12H2,1,3,5H3;2H2,1H3. The number of rotatable bonds is 6. The van der Waals surface area contributed by atoms with Crippen molar-refractivity contribution < 1.29 is 4.79 Å². The van der Waals surface area contributed by atoms with Crippen molar-refractivity contribution in [3.05, 3.63) is 60.2 Å². The van der Waals surface area contributed by atoms with E-state index in [9.17, 15) is 4.79 Å². The fourth-order valence-electron chi connectivity index (χ4n) is 1.98. The first kappa shape index (κ1) is 18.3. The molecule has 1 aromatic rings. The first-order valence-corrected chi connectivity index (χ1v) is 6.92. The van der Waals surface area contributed by atoms with E-state index in [1.54, 1.807) is 0 Å². The largest absolute Gasteiger partial charge is 0.333 e. The predicted octanol–water partition coefficient (Wildman–Crippen LogP) is 3.92. The van der Waals surface area contributed by atoms with Gasteiger partial charge in [-0.15, -0.1) is 0 Å². The first-order chi connectivity index (χ1) is 9.41. The lowest BCUT2D eigenvalue weighted by atomic mass is 9.72. The second kappa shape index (κ2) is 8.49. The summed E-state index contributed by atoms with van der Waals surface area (Å²) in [6, 6.07) is 10.1. The van der Waals surface area contributed by atoms with E-state index in [0.717, 1.165) is 11.1 Å². The number of benzene rings is 1. The molecule has 2 heteroatoms. The van der Waals surface area contributed by atoms with Gasteiger partial charge in [0.1, 0.15) is 0 Å². The molecule has 2 N–H and O–H groups in total. The van der Waals surface area contributed by atoms with Crippen LogP contribution in [0.25, 0.3) is 0 Å². The van der Waals surface area contributed by atoms with Crippen LogP contribution in [0.1, 0.15) is 32.8 Å². The molecule has 1 unspecified atom stereocenters. The summed E-state index contributed by atoms with van der Waals surface area (Å²) in [5.74, 6) is 0.112. The average molecular weight is 273 g/mol. The lowest BCUT2D eigenvalue weighted by Crippen LogP contribution is -2.32. The Kier molecular flexibility index (Phi) is 7.78. The third-order valence-corrected chi connectivity index (χ3v) is 3.59. The molecule has 1 aromatic carbocycles. The van der Waals surface area contributed by atoms with E-state index in [1.807, 2.05) is 51.1 Å². The Hall–Kier alpha value is -1.67. The van der Waals surface area contributed by atoms with Gasteiger partial charge in [0.15, 0.2) is 5.78 Å². The van der Waals surface area contributed by atoms with Crippen LogP contribution in [0, 0.1) is 5.41 Å². The van der Waals surface area contributed by atoms with Crippen molar-refractivity contribution in [1.82, 2.24) is 0 Å². The van der Waals surface area contributed by atoms with Crippen molar-refractivity contribution in [3.8, 4) is 0 Å². The molecule has 0 saturated carbocycles. The van der Waals surface area contributed by atoms with Gasteiger partial charge in [0, 0.05) is 0 Å². The van der Waals surface area contributed by atoms with E-state index < -0.39 is 5.41 Å². The van der Waals surface area contributed by atoms with Gasteiger partial charge in [-0.2, -0.15) is 0 Å². The zero-order valence-corrected chi connectivity index (χ0v) is 13.2. The van der Waals surface area contributed by atoms with Crippen molar-refractivity contribution >= 4 is 5.78 Å². The maximum atomic E-state index is 12.5. The summed E-state index contributed by atoms with van der Waals surface area (Å²) in [5, 5.41) is 0. The number of carbonyl (C=O) groups excluding carboxylic acids is 1. The minimum atomic E-state index is -0.547. The first-order valence-electron chi connectivity index (χ1n) is 6.92. The third kappa shape index (κ3) is 4.46. The van der Waals surface area contributed by atoms with Gasteiger partial charge in [0.05, 0.1) is 5.41 Å². The van der Waals surface area contributed by atoms with Crippen LogP contribution >= 0.6 is 0 Å². The van der Waals surface area contributed by atoms with Gasteiger partial charge in [0.25, 0.3) is 0 Å². The van der Waals surface area contributed by atoms with Crippen molar-refractivity contribution in [2.45, 2.75) is 33.6 Å². The molecule has 0 aromatic heterocycles. The van der Waals surface area contributed by atoms with Crippen molar-refractivity contribution in [1.29, 1.82) is 0 Å². The molecular formula is C18H27NO. The minimum absolute atomic E-state index is 0.112. The van der Waals surface area contributed by atoms with Gasteiger partial charge < -0.3 is 5.73 Å². The minimum Gasteiger partial charge on any atom is -0.333 e. The molecule has 0 amide bonds. The number of hydrogen-bond donors (Lipinski definition) is 1. The number of allylic oxidation sites excluding steroid dienone is 2. The van der Waals surface area contributed by atoms with E-state index in [-0.39, 0.29) is 5.78 Å². The smallest absolute Gasteiger partial charge is 0.168 e. The summed E-state index contributed by atoms with van der Waals surface area (Å²) in [5.41, 5.74) is 6.68. The highest BCUT2D eigenvalue weighted by molar-refractivity contribution is 6.01. The number of Topliss-reactive ketones (excluding diaryl/α,β-unsaturated/α-hetero) is 1. The molecule has 0 heterocycles. The summed E-state index contributed by atoms with van der Waals surface area (Å²) in [6.45, 7) is 13.7. The number of carbonyl (C=O) groups is 1. The highest BCUT2D eigenvalue weighted by Crippen LogP contribution is 2.34. The molecule has 0 aliphatic rings. The topological polar surface area (TPSA) is 43.1 Å². The van der Waals surface area contributed by atoms with Crippen LogP contribution in [0.15, 0.2) is 54.6 Å². The predicted molar refractivity (Wildman–Crippen MR) is 87.6 cm³/mol. The zero-order valence-electron chi connectivity index (χ0n) is 13.2. The van der Waals surface area contributed by atoms with E-state index in [2.05, 4.69) is 18.9 Å². The fourth-order valence-corrected chi connectivity index (χ4v) is 1.98. The molecule has 110 valence electrons. The molecule has 0 radical (unpaired) electrons. The van der Waals surface area contributed by atoms with Crippen LogP contribution in [0.4, 0.5) is 0 Å². The number of hydrogen-bond acceptors (Lipinski definition) is 2. The summed E-state index contributed by atoms with van der Waals surface area (Å²) in [6.07, 6.45) is 1.37. The van der Waals surface area contributed by atoms with Crippen LogP contribution in [0.5, 0.6) is 0 Å². The quantitative estimate of drug-likeness (QED) is 0.630. The summed E-state index contributed by atoms with van der Waals surface area (Å²) in [7, 11) is 1.50. The Balaban J connectivity index is 0.00000172. The Morgan fingerprint density at radius 1 is 1.20 bits per heavy atom. The van der Waals surface area contributed by atoms with Gasteiger partial charge in [-0.05, 0) is 44.9 Å². The van der Waals surface area contributed by atoms with Gasteiger partial charge in [0.2, 0.25) is 0 Å². The molecule has 20 heavy (non-hydrogen) atoms. The highest BCUT2D eigenvalue weighted by Gasteiger charge is 2.34. The molecule has 0 aliphatic carbocycles. The SMILES string of the molecule is C=C(CC)C(=O)C(C)(Cc1ccccc1)C(=C)C.CN. The number of nitrogens with two attached hydrogens (primary N) is 1. The highest BCUT2D eigenvalue weighted by atomic mass is 16.1. The molecular weight excluding hydrogens is 246 g/mol. The fraction of sp³-hybridized carbons (Fsp3) is 0.389. The maximum Gasteiger partial charge on any atom is 0.168 e. The molecule has 0 saturated heterocycles. The molecule has 2 nitrogen and oxygen atoms in total. The lowest BCUT2D eigenvalue weighted by molar-refractivity contribution is -0.122. The van der Waals surface area contributed by atoms with Gasteiger partial charge in [-0.25, -0.2) is 0 Å². The monoisotopic (exact) mass is 273 g/mol. The van der Waals surface area contributed by atoms with Gasteiger partial charge in [-0.3, -0.25) is 4.79 Å². The molecule has 0 bridgehead atoms. The van der Waals surface area contributed by atoms with E-state index in [0.29, 0.717) is 18.4 Å². The molecule has 1 rings (SSSR count). The van der Waals surface area contributed by atoms with Crippen LogP contribution in [0.3, 0.4) is 0 Å². The van der Waals surface area contributed by atoms with E-state index in [4.69, 9.17) is 0 Å². The Bertz CT molecular complexity index is 462. The van der Waals surface area contributed by atoms with E-state index >= 15 is 0 Å². The lowest BCUT2D eigenvalue weighted by Gasteiger charge is -2.29. The third-order valence-electron chi connectivity index (χ3n) is 3.59. The molecule has 1 atom stereocenters. The van der Waals surface area contributed by atoms with Crippen LogP contribution < -0.4 is 5.73 Å². The van der Waals surface area contributed by atoms with Crippen LogP contribution in [-0.2, 0) is 11.2 Å². The van der Waals surface area contributed by atoms with Gasteiger partial charge >= 0.3 is 0 Å². The summed E-state index contributed by atoms with van der Waals surface area (Å²) in [4.78, 5) is 12.5. The molecule has 0 spiro atoms. The number of ketones is 1. The maximum absolute atomic E-state index is 12.5. The normalized spacial score (nSPS) is 12.7. The molecule has 0 aliphatic heterocycles. The Morgan fingerprint density at radius 2 is 1.70 bits per heavy atom. The Morgan fingerprint density at radius 3 is 2.10 bits per heavy atom. The average Bonchev–Trinajstić information content (AvgIpc) is 2.48. The van der Waals surface area contributed by atoms with Crippen LogP contribution in [-0.4, -0.2) is 12.8 Å². The molecule has 0 fully saturated rings. The second-order valence-electron chi connectivity index (χ2n) is 5.06. The zero-order chi connectivity index (χ0) is 15.8. The summed E-state index contributed by atoms with van der Waals surface area (Å²) >= 11 is 0. The second-order valence-corrected chi connectivity index (χ2v) is 5.06. The van der Waals surface area contributed by atoms with Crippen molar-refractivity contribution in [2.75, 3.05) is 7.05 Å². The van der Waals surface area contributed by atoms with Crippen LogP contribution in [0.2, 0.25) is 0 Å². The van der Waals surface area contributed by atoms with Crippen molar-refractivity contribution in [3.63, 3.8) is 0 Å². The van der Waals surface area contributed by atoms with Gasteiger partial charge in [-0.1, -0.05) is 56.0 Å².